The highest BCUT2D eigenvalue weighted by molar-refractivity contribution is 8.49. The van der Waals surface area contributed by atoms with Crippen LogP contribution in [0.1, 0.15) is 76.3 Å². The summed E-state index contributed by atoms with van der Waals surface area (Å²) in [6, 6.07) is 6.03. The molecule has 0 saturated heterocycles. The highest BCUT2D eigenvalue weighted by atomic mass is 32.5. The molecule has 0 radical (unpaired) electrons. The molecule has 0 fully saturated rings. The molecule has 1 nitrogen and oxygen atoms in total. The Hall–Kier alpha value is -0.910. The predicted octanol–water partition coefficient (Wildman–Crippen LogP) is 9.12. The molecular weight excluding hydrogens is 451 g/mol. The van der Waals surface area contributed by atoms with Crippen LogP contribution in [0.15, 0.2) is 24.3 Å². The number of aryl methyl sites for hydroxylation is 1. The average Bonchev–Trinajstić information content (AvgIpc) is 2.66. The van der Waals surface area contributed by atoms with E-state index in [9.17, 15) is 19.4 Å². The summed E-state index contributed by atoms with van der Waals surface area (Å²) in [5.74, 6) is 3.91. The molecule has 0 unspecified atom stereocenters. The van der Waals surface area contributed by atoms with Crippen LogP contribution in [-0.2, 0) is 11.2 Å². The Morgan fingerprint density at radius 1 is 0.806 bits per heavy atom. The van der Waals surface area contributed by atoms with E-state index in [4.69, 9.17) is 4.74 Å². The van der Waals surface area contributed by atoms with Gasteiger partial charge in [-0.2, -0.15) is 11.8 Å². The Balaban J connectivity index is 2.03. The van der Waals surface area contributed by atoms with Crippen molar-refractivity contribution < 1.29 is 24.2 Å². The normalized spacial score (nSPS) is 14.1. The van der Waals surface area contributed by atoms with Gasteiger partial charge in [-0.05, 0) is 74.7 Å². The van der Waals surface area contributed by atoms with Crippen LogP contribution in [0, 0.1) is 11.2 Å². The van der Waals surface area contributed by atoms with Crippen molar-refractivity contribution in [1.82, 2.24) is 0 Å². The van der Waals surface area contributed by atoms with Gasteiger partial charge in [0.15, 0.2) is 0 Å². The van der Waals surface area contributed by atoms with E-state index in [0.29, 0.717) is 6.10 Å². The largest absolute Gasteiger partial charge is 0.379 e. The number of rotatable bonds is 15. The predicted molar refractivity (Wildman–Crippen MR) is 126 cm³/mol. The first kappa shape index (κ1) is 28.1. The van der Waals surface area contributed by atoms with E-state index in [-0.39, 0.29) is 10.8 Å². The van der Waals surface area contributed by atoms with E-state index >= 15 is 0 Å². The lowest BCUT2D eigenvalue weighted by Crippen LogP contribution is -2.04. The zero-order valence-corrected chi connectivity index (χ0v) is 20.1. The van der Waals surface area contributed by atoms with E-state index in [1.165, 1.54) is 55.9 Å². The van der Waals surface area contributed by atoms with Gasteiger partial charge in [0.2, 0.25) is 0 Å². The van der Waals surface area contributed by atoms with Gasteiger partial charge in [0.05, 0.1) is 11.4 Å². The smallest absolute Gasteiger partial charge is 0.345 e. The minimum atomic E-state index is -9.67. The number of hydrogen-bond acceptors (Lipinski definition) is 2. The molecule has 0 aromatic heterocycles. The quantitative estimate of drug-likeness (QED) is 0.139. The maximum atomic E-state index is 12.2. The fourth-order valence-corrected chi connectivity index (χ4v) is 4.15. The molecule has 1 aromatic rings. The van der Waals surface area contributed by atoms with Gasteiger partial charge in [-0.15, -0.1) is 0 Å². The van der Waals surface area contributed by atoms with Gasteiger partial charge < -0.3 is 4.74 Å². The van der Waals surface area contributed by atoms with Crippen LogP contribution in [0.25, 0.3) is 0 Å². The molecule has 0 heterocycles. The summed E-state index contributed by atoms with van der Waals surface area (Å²) in [5.41, 5.74) is 0.924. The molecular formula is C23H35F5OS2. The summed E-state index contributed by atoms with van der Waals surface area (Å²) in [6.07, 6.45) is 10.5. The molecule has 180 valence electrons. The standard InChI is InChI=1S/C23H35F5OS2/c1-21(2)29-17-10-19-30-18-9-7-5-3-4-6-8-11-22-12-14-23(15-13-22)16-20-31(24,25,26,27)28/h12-15,21H,3-11,17-19H2,1-2H3. The second kappa shape index (κ2) is 12.4. The summed E-state index contributed by atoms with van der Waals surface area (Å²) in [6.45, 7) is 4.96. The molecule has 0 saturated carbocycles. The first-order valence-electron chi connectivity index (χ1n) is 10.9. The Kier molecular flexibility index (Phi) is 11.2. The van der Waals surface area contributed by atoms with Crippen molar-refractivity contribution in [2.24, 2.45) is 0 Å². The van der Waals surface area contributed by atoms with Crippen LogP contribution in [0.5, 0.6) is 0 Å². The molecule has 1 aromatic carbocycles. The Labute approximate surface area is 188 Å². The SMILES string of the molecule is CC(C)OCCCSCCCCCCCCCc1ccc(C#CS(F)(F)(F)(F)F)cc1. The molecule has 0 aliphatic heterocycles. The first-order valence-corrected chi connectivity index (χ1v) is 14.0. The summed E-state index contributed by atoms with van der Waals surface area (Å²) in [7, 11) is -9.67. The maximum absolute atomic E-state index is 12.2. The van der Waals surface area contributed by atoms with Gasteiger partial charge in [-0.1, -0.05) is 63.7 Å². The topological polar surface area (TPSA) is 9.23 Å². The summed E-state index contributed by atoms with van der Waals surface area (Å²) >= 11 is 2.00. The number of benzene rings is 1. The van der Waals surface area contributed by atoms with Crippen LogP contribution in [0.2, 0.25) is 0 Å². The zero-order valence-electron chi connectivity index (χ0n) is 18.5. The van der Waals surface area contributed by atoms with E-state index < -0.39 is 10.2 Å². The summed E-state index contributed by atoms with van der Waals surface area (Å²) < 4.78 is 66.7. The molecule has 0 aliphatic rings. The highest BCUT2D eigenvalue weighted by Gasteiger charge is 2.62. The lowest BCUT2D eigenvalue weighted by molar-refractivity contribution is 0.0799. The van der Waals surface area contributed by atoms with Crippen LogP contribution in [0.4, 0.5) is 19.4 Å². The minimum Gasteiger partial charge on any atom is -0.379 e. The number of unbranched alkanes of at least 4 members (excludes halogenated alkanes) is 6. The van der Waals surface area contributed by atoms with Gasteiger partial charge in [0, 0.05) is 12.2 Å². The fourth-order valence-electron chi connectivity index (χ4n) is 2.91. The van der Waals surface area contributed by atoms with Gasteiger partial charge in [0.1, 0.15) is 0 Å². The van der Waals surface area contributed by atoms with Crippen molar-refractivity contribution in [3.63, 3.8) is 0 Å². The number of thioether (sulfide) groups is 1. The number of halogens is 5. The molecule has 1 rings (SSSR count). The van der Waals surface area contributed by atoms with Gasteiger partial charge in [0.25, 0.3) is 0 Å². The van der Waals surface area contributed by atoms with Crippen molar-refractivity contribution in [2.75, 3.05) is 18.1 Å². The number of hydrogen-bond donors (Lipinski definition) is 0. The van der Waals surface area contributed by atoms with Crippen LogP contribution in [0.3, 0.4) is 0 Å². The maximum Gasteiger partial charge on any atom is 0.345 e. The second-order valence-corrected chi connectivity index (χ2v) is 11.4. The first-order chi connectivity index (χ1) is 14.3. The molecule has 0 bridgehead atoms. The molecule has 0 N–H and O–H groups in total. The Bertz CT molecular complexity index is 691. The van der Waals surface area contributed by atoms with Crippen molar-refractivity contribution in [3.8, 4) is 11.2 Å². The lowest BCUT2D eigenvalue weighted by Gasteiger charge is -2.33. The van der Waals surface area contributed by atoms with Crippen LogP contribution in [-0.4, -0.2) is 24.2 Å². The third kappa shape index (κ3) is 18.4. The molecule has 0 atom stereocenters. The zero-order chi connectivity index (χ0) is 23.3. The Morgan fingerprint density at radius 3 is 1.94 bits per heavy atom. The van der Waals surface area contributed by atoms with Crippen molar-refractivity contribution in [3.05, 3.63) is 35.4 Å². The molecule has 0 spiro atoms. The van der Waals surface area contributed by atoms with Crippen molar-refractivity contribution in [2.45, 2.75) is 77.7 Å². The van der Waals surface area contributed by atoms with Gasteiger partial charge in [-0.3, -0.25) is 0 Å². The van der Waals surface area contributed by atoms with Gasteiger partial charge in [-0.25, -0.2) is 0 Å². The second-order valence-electron chi connectivity index (χ2n) is 8.00. The summed E-state index contributed by atoms with van der Waals surface area (Å²) in [5, 5.41) is 0.238. The number of ether oxygens (including phenoxy) is 1. The molecule has 31 heavy (non-hydrogen) atoms. The lowest BCUT2D eigenvalue weighted by atomic mass is 10.0. The third-order valence-electron chi connectivity index (χ3n) is 4.48. The third-order valence-corrected chi connectivity index (χ3v) is 6.12. The van der Waals surface area contributed by atoms with E-state index in [0.717, 1.165) is 43.6 Å². The molecule has 0 aliphatic carbocycles. The summed E-state index contributed by atoms with van der Waals surface area (Å²) in [4.78, 5) is 0. The van der Waals surface area contributed by atoms with Gasteiger partial charge >= 0.3 is 10.2 Å². The molecule has 0 amide bonds. The van der Waals surface area contributed by atoms with Crippen LogP contribution >= 0.6 is 22.0 Å². The minimum absolute atomic E-state index is 0.0564. The monoisotopic (exact) mass is 486 g/mol. The van der Waals surface area contributed by atoms with E-state index in [1.807, 2.05) is 11.8 Å². The Morgan fingerprint density at radius 2 is 1.35 bits per heavy atom. The average molecular weight is 487 g/mol. The van der Waals surface area contributed by atoms with Crippen molar-refractivity contribution >= 4 is 22.0 Å². The van der Waals surface area contributed by atoms with E-state index in [2.05, 4.69) is 13.8 Å². The fraction of sp³-hybridized carbons (Fsp3) is 0.652. The highest BCUT2D eigenvalue weighted by Crippen LogP contribution is 2.97. The van der Waals surface area contributed by atoms with Crippen LogP contribution < -0.4 is 0 Å². The molecule has 8 heteroatoms. The van der Waals surface area contributed by atoms with Crippen molar-refractivity contribution in [1.29, 1.82) is 0 Å². The van der Waals surface area contributed by atoms with E-state index in [1.54, 1.807) is 12.1 Å².